The van der Waals surface area contributed by atoms with E-state index in [0.717, 1.165) is 5.56 Å². The molecule has 4 amide bonds. The van der Waals surface area contributed by atoms with E-state index in [4.69, 9.17) is 0 Å². The number of hydrogen-bond donors (Lipinski definition) is 3. The van der Waals surface area contributed by atoms with Crippen molar-refractivity contribution in [2.45, 2.75) is 45.7 Å². The second-order valence-electron chi connectivity index (χ2n) is 6.97. The van der Waals surface area contributed by atoms with Gasteiger partial charge in [0.2, 0.25) is 5.91 Å². The average molecular weight is 335 g/mol. The second kappa shape index (κ2) is 6.98. The molecular formula is C17H22FN3O3. The van der Waals surface area contributed by atoms with E-state index in [1.807, 2.05) is 20.8 Å². The number of carbonyl (C=O) groups excluding carboxylic acids is 3. The van der Waals surface area contributed by atoms with Gasteiger partial charge in [-0.25, -0.2) is 9.18 Å². The van der Waals surface area contributed by atoms with Gasteiger partial charge in [0.25, 0.3) is 5.91 Å². The highest BCUT2D eigenvalue weighted by Gasteiger charge is 2.31. The molecule has 0 bridgehead atoms. The normalized spacial score (nSPS) is 18.8. The number of rotatable bonds is 5. The van der Waals surface area contributed by atoms with Crippen molar-refractivity contribution >= 4 is 17.8 Å². The minimum Gasteiger partial charge on any atom is -0.349 e. The first kappa shape index (κ1) is 17.9. The van der Waals surface area contributed by atoms with Crippen LogP contribution in [0.15, 0.2) is 24.3 Å². The molecular weight excluding hydrogens is 313 g/mol. The van der Waals surface area contributed by atoms with Gasteiger partial charge in [-0.3, -0.25) is 14.9 Å². The van der Waals surface area contributed by atoms with Gasteiger partial charge in [0, 0.05) is 6.42 Å². The molecule has 1 heterocycles. The number of benzene rings is 1. The Morgan fingerprint density at radius 1 is 1.25 bits per heavy atom. The fourth-order valence-corrected chi connectivity index (χ4v) is 2.63. The Labute approximate surface area is 140 Å². The minimum absolute atomic E-state index is 0.103. The zero-order valence-corrected chi connectivity index (χ0v) is 14.0. The van der Waals surface area contributed by atoms with E-state index < -0.39 is 18.0 Å². The zero-order valence-electron chi connectivity index (χ0n) is 14.0. The SMILES string of the molecule is CC(C)(C)[C@@H](NC(=O)CC[C@@H]1NC(=O)NC1=O)c1ccc(F)cc1. The Bertz CT molecular complexity index is 637. The molecule has 2 rings (SSSR count). The molecule has 0 spiro atoms. The van der Waals surface area contributed by atoms with Crippen LogP contribution in [0.25, 0.3) is 0 Å². The quantitative estimate of drug-likeness (QED) is 0.720. The van der Waals surface area contributed by atoms with Gasteiger partial charge in [0.1, 0.15) is 11.9 Å². The molecule has 6 nitrogen and oxygen atoms in total. The van der Waals surface area contributed by atoms with Gasteiger partial charge < -0.3 is 10.6 Å². The molecule has 1 aliphatic heterocycles. The first-order valence-electron chi connectivity index (χ1n) is 7.83. The van der Waals surface area contributed by atoms with Crippen LogP contribution in [0.1, 0.15) is 45.2 Å². The summed E-state index contributed by atoms with van der Waals surface area (Å²) in [6.07, 6.45) is 0.329. The van der Waals surface area contributed by atoms with E-state index in [1.165, 1.54) is 12.1 Å². The van der Waals surface area contributed by atoms with Crippen LogP contribution in [0, 0.1) is 11.2 Å². The molecule has 7 heteroatoms. The summed E-state index contributed by atoms with van der Waals surface area (Å²) in [6.45, 7) is 5.93. The first-order valence-corrected chi connectivity index (χ1v) is 7.83. The molecule has 24 heavy (non-hydrogen) atoms. The van der Waals surface area contributed by atoms with Crippen LogP contribution >= 0.6 is 0 Å². The summed E-state index contributed by atoms with van der Waals surface area (Å²) in [5.41, 5.74) is 0.538. The third-order valence-electron chi connectivity index (χ3n) is 3.89. The Kier molecular flexibility index (Phi) is 5.21. The number of hydrogen-bond acceptors (Lipinski definition) is 3. The maximum absolute atomic E-state index is 13.1. The molecule has 0 aliphatic carbocycles. The largest absolute Gasteiger partial charge is 0.349 e. The second-order valence-corrected chi connectivity index (χ2v) is 6.97. The van der Waals surface area contributed by atoms with Gasteiger partial charge >= 0.3 is 6.03 Å². The number of amides is 4. The van der Waals surface area contributed by atoms with Crippen molar-refractivity contribution in [2.75, 3.05) is 0 Å². The molecule has 0 unspecified atom stereocenters. The van der Waals surface area contributed by atoms with Gasteiger partial charge in [-0.2, -0.15) is 0 Å². The van der Waals surface area contributed by atoms with Crippen LogP contribution < -0.4 is 16.0 Å². The summed E-state index contributed by atoms with van der Waals surface area (Å²) in [5, 5.41) is 7.53. The molecule has 130 valence electrons. The van der Waals surface area contributed by atoms with Crippen molar-refractivity contribution in [3.8, 4) is 0 Å². The minimum atomic E-state index is -0.679. The molecule has 1 aliphatic rings. The van der Waals surface area contributed by atoms with Crippen LogP contribution in [0.5, 0.6) is 0 Å². The highest BCUT2D eigenvalue weighted by atomic mass is 19.1. The van der Waals surface area contributed by atoms with Crippen LogP contribution in [0.2, 0.25) is 0 Å². The third kappa shape index (κ3) is 4.53. The Morgan fingerprint density at radius 3 is 2.38 bits per heavy atom. The van der Waals surface area contributed by atoms with Crippen molar-refractivity contribution in [3.05, 3.63) is 35.6 Å². The Morgan fingerprint density at radius 2 is 1.88 bits per heavy atom. The Balaban J connectivity index is 1.99. The van der Waals surface area contributed by atoms with Crippen molar-refractivity contribution < 1.29 is 18.8 Å². The molecule has 1 aromatic carbocycles. The summed E-state index contributed by atoms with van der Waals surface area (Å²) in [7, 11) is 0. The van der Waals surface area contributed by atoms with Gasteiger partial charge in [-0.1, -0.05) is 32.9 Å². The summed E-state index contributed by atoms with van der Waals surface area (Å²) >= 11 is 0. The van der Waals surface area contributed by atoms with E-state index in [1.54, 1.807) is 12.1 Å². The number of imide groups is 1. The van der Waals surface area contributed by atoms with Crippen molar-refractivity contribution in [1.29, 1.82) is 0 Å². The van der Waals surface area contributed by atoms with Crippen LogP contribution in [0.4, 0.5) is 9.18 Å². The van der Waals surface area contributed by atoms with Crippen LogP contribution in [-0.2, 0) is 9.59 Å². The van der Waals surface area contributed by atoms with E-state index in [2.05, 4.69) is 16.0 Å². The van der Waals surface area contributed by atoms with Crippen molar-refractivity contribution in [3.63, 3.8) is 0 Å². The monoisotopic (exact) mass is 335 g/mol. The predicted molar refractivity (Wildman–Crippen MR) is 86.4 cm³/mol. The lowest BCUT2D eigenvalue weighted by Gasteiger charge is -2.32. The summed E-state index contributed by atoms with van der Waals surface area (Å²) in [5.74, 6) is -0.979. The maximum Gasteiger partial charge on any atom is 0.322 e. The van der Waals surface area contributed by atoms with Crippen molar-refractivity contribution in [1.82, 2.24) is 16.0 Å². The lowest BCUT2D eigenvalue weighted by molar-refractivity contribution is -0.123. The number of carbonyl (C=O) groups is 3. The number of urea groups is 1. The molecule has 1 fully saturated rings. The topological polar surface area (TPSA) is 87.3 Å². The fraction of sp³-hybridized carbons (Fsp3) is 0.471. The van der Waals surface area contributed by atoms with E-state index in [0.29, 0.717) is 0 Å². The van der Waals surface area contributed by atoms with Crippen molar-refractivity contribution in [2.24, 2.45) is 5.41 Å². The molecule has 3 N–H and O–H groups in total. The zero-order chi connectivity index (χ0) is 17.9. The molecule has 1 aromatic rings. The van der Waals surface area contributed by atoms with Gasteiger partial charge in [-0.15, -0.1) is 0 Å². The van der Waals surface area contributed by atoms with E-state index in [9.17, 15) is 18.8 Å². The lowest BCUT2D eigenvalue weighted by Crippen LogP contribution is -2.38. The summed E-state index contributed by atoms with van der Waals surface area (Å²) < 4.78 is 13.1. The first-order chi connectivity index (χ1) is 11.2. The summed E-state index contributed by atoms with van der Waals surface area (Å²) in [4.78, 5) is 34.8. The molecule has 0 aromatic heterocycles. The molecule has 2 atom stereocenters. The lowest BCUT2D eigenvalue weighted by atomic mass is 9.82. The van der Waals surface area contributed by atoms with Crippen LogP contribution in [-0.4, -0.2) is 23.9 Å². The fourth-order valence-electron chi connectivity index (χ4n) is 2.63. The Hall–Kier alpha value is -2.44. The number of nitrogens with one attached hydrogen (secondary N) is 3. The highest BCUT2D eigenvalue weighted by molar-refractivity contribution is 6.04. The maximum atomic E-state index is 13.1. The average Bonchev–Trinajstić information content (AvgIpc) is 2.80. The summed E-state index contributed by atoms with van der Waals surface area (Å²) in [6, 6.07) is 4.51. The standard InChI is InChI=1S/C17H22FN3O3/c1-17(2,3)14(10-4-6-11(18)7-5-10)20-13(22)9-8-12-15(23)21-16(24)19-12/h4-7,12,14H,8-9H2,1-3H3,(H,20,22)(H2,19,21,23,24)/t12-,14-/m0/s1. The van der Waals surface area contributed by atoms with E-state index >= 15 is 0 Å². The van der Waals surface area contributed by atoms with Gasteiger partial charge in [-0.05, 0) is 29.5 Å². The molecule has 0 saturated carbocycles. The highest BCUT2D eigenvalue weighted by Crippen LogP contribution is 2.32. The van der Waals surface area contributed by atoms with Crippen LogP contribution in [0.3, 0.4) is 0 Å². The van der Waals surface area contributed by atoms with Gasteiger partial charge in [0.05, 0.1) is 6.04 Å². The van der Waals surface area contributed by atoms with E-state index in [-0.39, 0.29) is 36.0 Å². The molecule has 1 saturated heterocycles. The predicted octanol–water partition coefficient (Wildman–Crippen LogP) is 2.02. The third-order valence-corrected chi connectivity index (χ3v) is 3.89. The number of halogens is 1. The molecule has 0 radical (unpaired) electrons. The smallest absolute Gasteiger partial charge is 0.322 e. The van der Waals surface area contributed by atoms with Gasteiger partial charge in [0.15, 0.2) is 0 Å².